The van der Waals surface area contributed by atoms with Crippen LogP contribution in [-0.2, 0) is 0 Å². The third-order valence-corrected chi connectivity index (χ3v) is 5.26. The number of fused-ring (bicyclic) bond motifs is 1. The van der Waals surface area contributed by atoms with Gasteiger partial charge in [-0.15, -0.1) is 11.3 Å². The molecule has 5 heteroatoms. The Morgan fingerprint density at radius 2 is 2.16 bits per heavy atom. The molecule has 0 bridgehead atoms. The molecule has 0 spiro atoms. The van der Waals surface area contributed by atoms with Crippen molar-refractivity contribution in [1.29, 1.82) is 0 Å². The summed E-state index contributed by atoms with van der Waals surface area (Å²) in [5, 5.41) is 6.55. The summed E-state index contributed by atoms with van der Waals surface area (Å²) >= 11 is 1.65. The number of nitrogens with one attached hydrogen (secondary N) is 1. The summed E-state index contributed by atoms with van der Waals surface area (Å²) in [7, 11) is 1.68. The summed E-state index contributed by atoms with van der Waals surface area (Å²) in [4.78, 5) is 4.80. The normalized spacial score (nSPS) is 15.8. The zero-order chi connectivity index (χ0) is 17.2. The molecule has 0 radical (unpaired) electrons. The van der Waals surface area contributed by atoms with Gasteiger partial charge in [-0.3, -0.25) is 0 Å². The predicted molar refractivity (Wildman–Crippen MR) is 103 cm³/mol. The van der Waals surface area contributed by atoms with Crippen LogP contribution in [0.2, 0.25) is 0 Å². The average Bonchev–Trinajstić information content (AvgIpc) is 3.17. The number of thiazole rings is 1. The molecule has 0 saturated heterocycles. The van der Waals surface area contributed by atoms with E-state index in [4.69, 9.17) is 14.5 Å². The quantitative estimate of drug-likeness (QED) is 0.712. The van der Waals surface area contributed by atoms with E-state index in [0.29, 0.717) is 0 Å². The van der Waals surface area contributed by atoms with Gasteiger partial charge >= 0.3 is 0 Å². The summed E-state index contributed by atoms with van der Waals surface area (Å²) in [6.07, 6.45) is 1.25. The van der Waals surface area contributed by atoms with Gasteiger partial charge in [-0.05, 0) is 36.8 Å². The van der Waals surface area contributed by atoms with E-state index >= 15 is 0 Å². The van der Waals surface area contributed by atoms with Gasteiger partial charge in [-0.1, -0.05) is 19.1 Å². The third kappa shape index (κ3) is 3.20. The lowest BCUT2D eigenvalue weighted by molar-refractivity contribution is 0.202. The smallest absolute Gasteiger partial charge is 0.142 e. The van der Waals surface area contributed by atoms with Crippen LogP contribution in [0.5, 0.6) is 11.5 Å². The largest absolute Gasteiger partial charge is 0.497 e. The van der Waals surface area contributed by atoms with Crippen LogP contribution in [0.4, 0.5) is 5.69 Å². The SMILES string of the molecule is CCC1CNc2cc(-c3nc(-c4cccc(OC)c4)cs3)ccc2O1. The fourth-order valence-electron chi connectivity index (χ4n) is 2.90. The minimum atomic E-state index is 0.248. The second-order valence-electron chi connectivity index (χ2n) is 6.01. The lowest BCUT2D eigenvalue weighted by Gasteiger charge is -2.26. The molecule has 4 nitrogen and oxygen atoms in total. The summed E-state index contributed by atoms with van der Waals surface area (Å²) in [6, 6.07) is 14.2. The number of hydrogen-bond donors (Lipinski definition) is 1. The maximum Gasteiger partial charge on any atom is 0.142 e. The van der Waals surface area contributed by atoms with Gasteiger partial charge in [0.25, 0.3) is 0 Å². The fourth-order valence-corrected chi connectivity index (χ4v) is 3.72. The summed E-state index contributed by atoms with van der Waals surface area (Å²) in [5.74, 6) is 1.76. The zero-order valence-corrected chi connectivity index (χ0v) is 15.1. The monoisotopic (exact) mass is 352 g/mol. The van der Waals surface area contributed by atoms with Gasteiger partial charge in [0, 0.05) is 16.5 Å². The van der Waals surface area contributed by atoms with Crippen molar-refractivity contribution in [3.63, 3.8) is 0 Å². The van der Waals surface area contributed by atoms with Crippen molar-refractivity contribution < 1.29 is 9.47 Å². The van der Waals surface area contributed by atoms with Crippen LogP contribution in [0.3, 0.4) is 0 Å². The molecule has 0 amide bonds. The van der Waals surface area contributed by atoms with E-state index in [0.717, 1.165) is 52.0 Å². The number of ether oxygens (including phenoxy) is 2. The Morgan fingerprint density at radius 3 is 3.00 bits per heavy atom. The van der Waals surface area contributed by atoms with Crippen molar-refractivity contribution in [2.75, 3.05) is 19.0 Å². The third-order valence-electron chi connectivity index (χ3n) is 4.37. The Labute approximate surface area is 151 Å². The van der Waals surface area contributed by atoms with Crippen molar-refractivity contribution in [1.82, 2.24) is 4.98 Å². The summed E-state index contributed by atoms with van der Waals surface area (Å²) in [6.45, 7) is 2.99. The lowest BCUT2D eigenvalue weighted by atomic mass is 10.1. The van der Waals surface area contributed by atoms with E-state index in [9.17, 15) is 0 Å². The average molecular weight is 352 g/mol. The van der Waals surface area contributed by atoms with E-state index in [2.05, 4.69) is 35.8 Å². The second kappa shape index (κ2) is 6.76. The van der Waals surface area contributed by atoms with Crippen LogP contribution in [-0.4, -0.2) is 24.7 Å². The Kier molecular flexibility index (Phi) is 4.32. The first kappa shape index (κ1) is 16.0. The molecule has 1 atom stereocenters. The van der Waals surface area contributed by atoms with E-state index in [1.165, 1.54) is 0 Å². The van der Waals surface area contributed by atoms with Gasteiger partial charge in [0.2, 0.25) is 0 Å². The topological polar surface area (TPSA) is 43.4 Å². The highest BCUT2D eigenvalue weighted by Gasteiger charge is 2.18. The minimum absolute atomic E-state index is 0.248. The van der Waals surface area contributed by atoms with E-state index in [-0.39, 0.29) is 6.10 Å². The summed E-state index contributed by atoms with van der Waals surface area (Å²) in [5.41, 5.74) is 4.17. The number of hydrogen-bond acceptors (Lipinski definition) is 5. The lowest BCUT2D eigenvalue weighted by Crippen LogP contribution is -2.29. The number of aromatic nitrogens is 1. The van der Waals surface area contributed by atoms with Crippen LogP contribution in [0, 0.1) is 0 Å². The maximum atomic E-state index is 5.98. The minimum Gasteiger partial charge on any atom is -0.497 e. The number of nitrogens with zero attached hydrogens (tertiary/aromatic N) is 1. The molecule has 0 aliphatic carbocycles. The molecule has 25 heavy (non-hydrogen) atoms. The number of methoxy groups -OCH3 is 1. The van der Waals surface area contributed by atoms with Crippen molar-refractivity contribution in [3.05, 3.63) is 47.8 Å². The van der Waals surface area contributed by atoms with Gasteiger partial charge in [-0.25, -0.2) is 4.98 Å². The molecule has 1 aromatic heterocycles. The van der Waals surface area contributed by atoms with E-state index in [1.54, 1.807) is 18.4 Å². The summed E-state index contributed by atoms with van der Waals surface area (Å²) < 4.78 is 11.3. The standard InChI is InChI=1S/C20H20N2O2S/c1-3-15-11-21-17-10-14(7-8-19(17)24-15)20-22-18(12-25-20)13-5-4-6-16(9-13)23-2/h4-10,12,15,21H,3,11H2,1-2H3. The zero-order valence-electron chi connectivity index (χ0n) is 14.3. The predicted octanol–water partition coefficient (Wildman–Crippen LogP) is 5.07. The van der Waals surface area contributed by atoms with Crippen LogP contribution in [0.25, 0.3) is 21.8 Å². The fraction of sp³-hybridized carbons (Fsp3) is 0.250. The van der Waals surface area contributed by atoms with Gasteiger partial charge in [-0.2, -0.15) is 0 Å². The van der Waals surface area contributed by atoms with Crippen LogP contribution >= 0.6 is 11.3 Å². The molecule has 128 valence electrons. The first-order chi connectivity index (χ1) is 12.3. The van der Waals surface area contributed by atoms with Crippen LogP contribution < -0.4 is 14.8 Å². The number of anilines is 1. The molecule has 1 N–H and O–H groups in total. The first-order valence-electron chi connectivity index (χ1n) is 8.41. The molecule has 4 rings (SSSR count). The molecule has 2 heterocycles. The highest BCUT2D eigenvalue weighted by molar-refractivity contribution is 7.13. The Hall–Kier alpha value is -2.53. The molecule has 0 saturated carbocycles. The Balaban J connectivity index is 1.62. The molecule has 1 unspecified atom stereocenters. The Bertz CT molecular complexity index is 891. The second-order valence-corrected chi connectivity index (χ2v) is 6.87. The van der Waals surface area contributed by atoms with E-state index < -0.39 is 0 Å². The van der Waals surface area contributed by atoms with E-state index in [1.807, 2.05) is 24.3 Å². The molecular weight excluding hydrogens is 332 g/mol. The van der Waals surface area contributed by atoms with Crippen molar-refractivity contribution in [2.45, 2.75) is 19.4 Å². The number of rotatable bonds is 4. The van der Waals surface area contributed by atoms with Crippen molar-refractivity contribution >= 4 is 17.0 Å². The molecule has 0 fully saturated rings. The first-order valence-corrected chi connectivity index (χ1v) is 9.29. The van der Waals surface area contributed by atoms with Gasteiger partial charge in [0.15, 0.2) is 0 Å². The van der Waals surface area contributed by atoms with Crippen LogP contribution in [0.15, 0.2) is 47.8 Å². The highest BCUT2D eigenvalue weighted by atomic mass is 32.1. The molecule has 1 aliphatic rings. The molecule has 1 aliphatic heterocycles. The van der Waals surface area contributed by atoms with Gasteiger partial charge in [0.05, 0.1) is 25.0 Å². The van der Waals surface area contributed by atoms with Gasteiger partial charge < -0.3 is 14.8 Å². The van der Waals surface area contributed by atoms with Gasteiger partial charge in [0.1, 0.15) is 22.6 Å². The van der Waals surface area contributed by atoms with Crippen molar-refractivity contribution in [2.24, 2.45) is 0 Å². The van der Waals surface area contributed by atoms with Crippen LogP contribution in [0.1, 0.15) is 13.3 Å². The van der Waals surface area contributed by atoms with Crippen molar-refractivity contribution in [3.8, 4) is 33.3 Å². The maximum absolute atomic E-state index is 5.98. The molecule has 2 aromatic carbocycles. The molecular formula is C20H20N2O2S. The molecule has 3 aromatic rings. The Morgan fingerprint density at radius 1 is 1.24 bits per heavy atom. The number of benzene rings is 2. The highest BCUT2D eigenvalue weighted by Crippen LogP contribution is 2.36.